The Balaban J connectivity index is 3.06. The first-order valence-corrected chi connectivity index (χ1v) is 4.68. The van der Waals surface area contributed by atoms with Gasteiger partial charge in [0, 0.05) is 0 Å². The van der Waals surface area contributed by atoms with Gasteiger partial charge in [-0.05, 0) is 25.1 Å². The maximum atomic E-state index is 12.4. The Hall–Kier alpha value is -2.03. The topological polar surface area (TPSA) is 44.1 Å². The maximum absolute atomic E-state index is 12.4. The maximum Gasteiger partial charge on any atom is 0.416 e. The van der Waals surface area contributed by atoms with Crippen LogP contribution in [0.4, 0.5) is 18.9 Å². The number of alkyl halides is 3. The smallest absolute Gasteiger partial charge is 0.298 e. The molecule has 1 aromatic rings. The van der Waals surface area contributed by atoms with Crippen LogP contribution in [-0.2, 0) is 11.0 Å². The molecular formula is C11H9F3N2O. The first-order chi connectivity index (χ1) is 7.84. The van der Waals surface area contributed by atoms with Gasteiger partial charge in [-0.25, -0.2) is 0 Å². The van der Waals surface area contributed by atoms with Crippen molar-refractivity contribution in [3.8, 4) is 6.19 Å². The molecule has 0 saturated carbocycles. The lowest BCUT2D eigenvalue weighted by atomic mass is 10.2. The van der Waals surface area contributed by atoms with E-state index in [1.165, 1.54) is 19.1 Å². The molecule has 0 amide bonds. The highest BCUT2D eigenvalue weighted by molar-refractivity contribution is 5.81. The Kier molecular flexibility index (Phi) is 3.73. The van der Waals surface area contributed by atoms with Crippen LogP contribution in [0.1, 0.15) is 12.5 Å². The molecule has 0 heterocycles. The van der Waals surface area contributed by atoms with E-state index in [9.17, 15) is 18.0 Å². The number of carbonyl (C=O) groups excluding carboxylic acids is 1. The van der Waals surface area contributed by atoms with Gasteiger partial charge < -0.3 is 0 Å². The summed E-state index contributed by atoms with van der Waals surface area (Å²) in [5.74, 6) is -0.302. The molecule has 0 unspecified atom stereocenters. The highest BCUT2D eigenvalue weighted by Crippen LogP contribution is 2.31. The summed E-state index contributed by atoms with van der Waals surface area (Å²) in [7, 11) is 0. The number of Topliss-reactive ketones (excluding diaryl/α,β-unsaturated/α-hetero) is 1. The predicted molar refractivity (Wildman–Crippen MR) is 55.1 cm³/mol. The molecule has 90 valence electrons. The van der Waals surface area contributed by atoms with E-state index >= 15 is 0 Å². The molecule has 0 N–H and O–H groups in total. The molecule has 0 spiro atoms. The van der Waals surface area contributed by atoms with Crippen molar-refractivity contribution < 1.29 is 18.0 Å². The Morgan fingerprint density at radius 3 is 2.59 bits per heavy atom. The molecule has 0 bridgehead atoms. The number of ketones is 1. The van der Waals surface area contributed by atoms with E-state index in [2.05, 4.69) is 0 Å². The second kappa shape index (κ2) is 4.87. The fourth-order valence-corrected chi connectivity index (χ4v) is 1.26. The van der Waals surface area contributed by atoms with Gasteiger partial charge in [0.15, 0.2) is 6.19 Å². The van der Waals surface area contributed by atoms with Crippen LogP contribution in [0.25, 0.3) is 0 Å². The number of nitriles is 1. The average Bonchev–Trinajstić information content (AvgIpc) is 2.24. The molecule has 0 saturated heterocycles. The van der Waals surface area contributed by atoms with Crippen molar-refractivity contribution >= 4 is 11.5 Å². The standard InChI is InChI=1S/C11H9F3N2O/c1-8(17)6-16(7-15)10-4-2-3-9(5-10)11(12,13)14/h2-5H,6H2,1H3. The molecule has 6 heteroatoms. The minimum atomic E-state index is -4.46. The Morgan fingerprint density at radius 1 is 1.47 bits per heavy atom. The number of benzene rings is 1. The van der Waals surface area contributed by atoms with Crippen LogP contribution in [0.2, 0.25) is 0 Å². The van der Waals surface area contributed by atoms with Gasteiger partial charge in [-0.2, -0.15) is 18.4 Å². The van der Waals surface area contributed by atoms with E-state index in [0.29, 0.717) is 0 Å². The quantitative estimate of drug-likeness (QED) is 0.604. The molecule has 0 aliphatic heterocycles. The Labute approximate surface area is 96.1 Å². The van der Waals surface area contributed by atoms with Crippen LogP contribution in [0.15, 0.2) is 24.3 Å². The minimum absolute atomic E-state index is 0.0533. The number of hydrogen-bond donors (Lipinski definition) is 0. The molecule has 0 aliphatic carbocycles. The van der Waals surface area contributed by atoms with Gasteiger partial charge in [0.05, 0.1) is 17.8 Å². The monoisotopic (exact) mass is 242 g/mol. The van der Waals surface area contributed by atoms with E-state index in [0.717, 1.165) is 17.0 Å². The molecule has 3 nitrogen and oxygen atoms in total. The van der Waals surface area contributed by atoms with E-state index in [4.69, 9.17) is 5.26 Å². The highest BCUT2D eigenvalue weighted by atomic mass is 19.4. The number of nitrogens with zero attached hydrogens (tertiary/aromatic N) is 2. The summed E-state index contributed by atoms with van der Waals surface area (Å²) >= 11 is 0. The molecular weight excluding hydrogens is 233 g/mol. The fraction of sp³-hybridized carbons (Fsp3) is 0.273. The summed E-state index contributed by atoms with van der Waals surface area (Å²) in [4.78, 5) is 11.8. The second-order valence-electron chi connectivity index (χ2n) is 3.44. The van der Waals surface area contributed by atoms with Crippen molar-refractivity contribution in [1.82, 2.24) is 0 Å². The minimum Gasteiger partial charge on any atom is -0.298 e. The molecule has 0 radical (unpaired) electrons. The van der Waals surface area contributed by atoms with Crippen molar-refractivity contribution in [2.45, 2.75) is 13.1 Å². The highest BCUT2D eigenvalue weighted by Gasteiger charge is 2.30. The van der Waals surface area contributed by atoms with E-state index < -0.39 is 11.7 Å². The lowest BCUT2D eigenvalue weighted by Gasteiger charge is -2.15. The van der Waals surface area contributed by atoms with Crippen molar-refractivity contribution in [2.75, 3.05) is 11.4 Å². The molecule has 0 aromatic heterocycles. The normalized spacial score (nSPS) is 10.8. The average molecular weight is 242 g/mol. The van der Waals surface area contributed by atoms with Gasteiger partial charge >= 0.3 is 6.18 Å². The van der Waals surface area contributed by atoms with Crippen LogP contribution >= 0.6 is 0 Å². The third kappa shape index (κ3) is 3.48. The lowest BCUT2D eigenvalue weighted by molar-refractivity contribution is -0.137. The van der Waals surface area contributed by atoms with Gasteiger partial charge in [0.1, 0.15) is 5.78 Å². The Morgan fingerprint density at radius 2 is 2.12 bits per heavy atom. The number of anilines is 1. The summed E-state index contributed by atoms with van der Waals surface area (Å²) in [5.41, 5.74) is -0.795. The van der Waals surface area contributed by atoms with E-state index in [-0.39, 0.29) is 18.0 Å². The zero-order valence-electron chi connectivity index (χ0n) is 8.95. The van der Waals surface area contributed by atoms with E-state index in [1.54, 1.807) is 6.19 Å². The number of halogens is 3. The number of rotatable bonds is 3. The van der Waals surface area contributed by atoms with Gasteiger partial charge in [0.25, 0.3) is 0 Å². The fourth-order valence-electron chi connectivity index (χ4n) is 1.26. The number of hydrogen-bond acceptors (Lipinski definition) is 3. The third-order valence-corrected chi connectivity index (χ3v) is 1.99. The molecule has 0 fully saturated rings. The summed E-state index contributed by atoms with van der Waals surface area (Å²) < 4.78 is 37.3. The summed E-state index contributed by atoms with van der Waals surface area (Å²) in [5, 5.41) is 8.76. The molecule has 1 rings (SSSR count). The molecule has 1 aromatic carbocycles. The van der Waals surface area contributed by atoms with Gasteiger partial charge in [-0.3, -0.25) is 9.69 Å². The first kappa shape index (κ1) is 13.0. The van der Waals surface area contributed by atoms with Crippen molar-refractivity contribution in [1.29, 1.82) is 5.26 Å². The van der Waals surface area contributed by atoms with Crippen LogP contribution < -0.4 is 4.90 Å². The van der Waals surface area contributed by atoms with Crippen molar-refractivity contribution in [2.24, 2.45) is 0 Å². The van der Waals surface area contributed by atoms with Gasteiger partial charge in [0.2, 0.25) is 0 Å². The third-order valence-electron chi connectivity index (χ3n) is 1.99. The van der Waals surface area contributed by atoms with Crippen LogP contribution in [0.3, 0.4) is 0 Å². The van der Waals surface area contributed by atoms with E-state index in [1.807, 2.05) is 0 Å². The van der Waals surface area contributed by atoms with Crippen molar-refractivity contribution in [3.63, 3.8) is 0 Å². The number of carbonyl (C=O) groups is 1. The SMILES string of the molecule is CC(=O)CN(C#N)c1cccc(C(F)(F)F)c1. The zero-order valence-corrected chi connectivity index (χ0v) is 8.95. The molecule has 17 heavy (non-hydrogen) atoms. The van der Waals surface area contributed by atoms with Crippen LogP contribution in [-0.4, -0.2) is 12.3 Å². The first-order valence-electron chi connectivity index (χ1n) is 4.68. The largest absolute Gasteiger partial charge is 0.416 e. The Bertz CT molecular complexity index is 463. The van der Waals surface area contributed by atoms with Gasteiger partial charge in [-0.1, -0.05) is 6.07 Å². The summed E-state index contributed by atoms with van der Waals surface area (Å²) in [6.07, 6.45) is -2.79. The summed E-state index contributed by atoms with van der Waals surface area (Å²) in [6, 6.07) is 4.29. The van der Waals surface area contributed by atoms with Crippen LogP contribution in [0.5, 0.6) is 0 Å². The molecule has 0 aliphatic rings. The van der Waals surface area contributed by atoms with Crippen LogP contribution in [0, 0.1) is 11.5 Å². The van der Waals surface area contributed by atoms with Gasteiger partial charge in [-0.15, -0.1) is 0 Å². The van der Waals surface area contributed by atoms with Crippen molar-refractivity contribution in [3.05, 3.63) is 29.8 Å². The molecule has 0 atom stereocenters. The summed E-state index contributed by atoms with van der Waals surface area (Å²) in [6.45, 7) is 1.02. The second-order valence-corrected chi connectivity index (χ2v) is 3.44. The predicted octanol–water partition coefficient (Wildman–Crippen LogP) is 2.58. The zero-order chi connectivity index (χ0) is 13.1. The lowest BCUT2D eigenvalue weighted by Crippen LogP contribution is -2.23.